The Balaban J connectivity index is 1.39. The molecule has 1 fully saturated rings. The Hall–Kier alpha value is -2.08. The van der Waals surface area contributed by atoms with Crippen molar-refractivity contribution in [2.75, 3.05) is 40.4 Å². The second-order valence-corrected chi connectivity index (χ2v) is 6.36. The lowest BCUT2D eigenvalue weighted by Gasteiger charge is -2.21. The van der Waals surface area contributed by atoms with Crippen molar-refractivity contribution in [3.8, 4) is 0 Å². The molecule has 0 unspecified atom stereocenters. The molecule has 24 heavy (non-hydrogen) atoms. The monoisotopic (exact) mass is 329 g/mol. The van der Waals surface area contributed by atoms with Crippen molar-refractivity contribution in [1.82, 2.24) is 19.6 Å². The number of aromatic nitrogens is 2. The van der Waals surface area contributed by atoms with Gasteiger partial charge in [-0.05, 0) is 30.9 Å². The minimum absolute atomic E-state index is 0.750. The van der Waals surface area contributed by atoms with Crippen molar-refractivity contribution < 1.29 is 4.74 Å². The number of imidazole rings is 1. The molecule has 2 aromatic rings. The summed E-state index contributed by atoms with van der Waals surface area (Å²) in [4.78, 5) is 11.1. The van der Waals surface area contributed by atoms with E-state index in [9.17, 15) is 0 Å². The number of fused-ring (bicyclic) bond motifs is 1. The molecule has 2 aromatic heterocycles. The van der Waals surface area contributed by atoms with E-state index in [-0.39, 0.29) is 0 Å². The van der Waals surface area contributed by atoms with Gasteiger partial charge in [-0.3, -0.25) is 4.99 Å². The lowest BCUT2D eigenvalue weighted by Crippen LogP contribution is -2.41. The van der Waals surface area contributed by atoms with Crippen molar-refractivity contribution in [2.24, 2.45) is 10.9 Å². The largest absolute Gasteiger partial charge is 0.379 e. The van der Waals surface area contributed by atoms with Crippen LogP contribution in [0.15, 0.2) is 35.6 Å². The maximum absolute atomic E-state index is 5.69. The van der Waals surface area contributed by atoms with Gasteiger partial charge in [-0.25, -0.2) is 4.98 Å². The van der Waals surface area contributed by atoms with Crippen molar-refractivity contribution >= 4 is 11.6 Å². The van der Waals surface area contributed by atoms with Crippen molar-refractivity contribution in [2.45, 2.75) is 19.3 Å². The molecule has 0 atom stereocenters. The third-order valence-corrected chi connectivity index (χ3v) is 4.27. The summed E-state index contributed by atoms with van der Waals surface area (Å²) >= 11 is 0. The van der Waals surface area contributed by atoms with Crippen LogP contribution in [0.25, 0.3) is 5.65 Å². The average Bonchev–Trinajstić information content (AvgIpc) is 3.32. The molecule has 2 heterocycles. The van der Waals surface area contributed by atoms with Gasteiger partial charge in [0.1, 0.15) is 5.65 Å². The van der Waals surface area contributed by atoms with E-state index < -0.39 is 0 Å². The van der Waals surface area contributed by atoms with Gasteiger partial charge in [0.15, 0.2) is 5.96 Å². The van der Waals surface area contributed by atoms with Gasteiger partial charge in [0.05, 0.1) is 12.3 Å². The summed E-state index contributed by atoms with van der Waals surface area (Å²) in [7, 11) is 3.86. The maximum atomic E-state index is 5.69. The first kappa shape index (κ1) is 16.8. The molecule has 0 amide bonds. The zero-order valence-electron chi connectivity index (χ0n) is 14.6. The molecule has 6 nitrogen and oxygen atoms in total. The third-order valence-electron chi connectivity index (χ3n) is 4.27. The van der Waals surface area contributed by atoms with Crippen molar-refractivity contribution in [3.63, 3.8) is 0 Å². The van der Waals surface area contributed by atoms with E-state index in [0.29, 0.717) is 0 Å². The first-order chi connectivity index (χ1) is 11.8. The Kier molecular flexibility index (Phi) is 5.69. The fourth-order valence-electron chi connectivity index (χ4n) is 2.64. The normalized spacial score (nSPS) is 15.0. The van der Waals surface area contributed by atoms with Crippen LogP contribution in [-0.4, -0.2) is 60.6 Å². The first-order valence-corrected chi connectivity index (χ1v) is 8.68. The molecule has 0 bridgehead atoms. The molecule has 6 heteroatoms. The van der Waals surface area contributed by atoms with E-state index >= 15 is 0 Å². The highest BCUT2D eigenvalue weighted by Gasteiger charge is 2.21. The van der Waals surface area contributed by atoms with Gasteiger partial charge in [-0.2, -0.15) is 0 Å². The topological polar surface area (TPSA) is 54.2 Å². The van der Waals surface area contributed by atoms with Crippen LogP contribution in [0.5, 0.6) is 0 Å². The highest BCUT2D eigenvalue weighted by Crippen LogP contribution is 2.28. The molecule has 0 aliphatic heterocycles. The number of hydrogen-bond acceptors (Lipinski definition) is 3. The van der Waals surface area contributed by atoms with Crippen molar-refractivity contribution in [3.05, 3.63) is 36.3 Å². The van der Waals surface area contributed by atoms with Gasteiger partial charge in [-0.15, -0.1) is 0 Å². The van der Waals surface area contributed by atoms with Gasteiger partial charge in [-0.1, -0.05) is 6.07 Å². The predicted molar refractivity (Wildman–Crippen MR) is 96.4 cm³/mol. The number of likely N-dealkylation sites (N-methyl/N-ethyl adjacent to an activating group) is 1. The van der Waals surface area contributed by atoms with E-state index in [0.717, 1.165) is 55.9 Å². The molecule has 1 saturated carbocycles. The summed E-state index contributed by atoms with van der Waals surface area (Å²) in [5.41, 5.74) is 2.07. The van der Waals surface area contributed by atoms with E-state index in [1.807, 2.05) is 42.9 Å². The quantitative estimate of drug-likeness (QED) is 0.456. The Morgan fingerprint density at radius 3 is 3.08 bits per heavy atom. The summed E-state index contributed by atoms with van der Waals surface area (Å²) in [6.07, 6.45) is 7.64. The summed E-state index contributed by atoms with van der Waals surface area (Å²) in [5.74, 6) is 1.71. The van der Waals surface area contributed by atoms with Gasteiger partial charge in [0, 0.05) is 52.6 Å². The Morgan fingerprint density at radius 2 is 2.33 bits per heavy atom. The molecule has 1 aliphatic carbocycles. The van der Waals surface area contributed by atoms with Crippen LogP contribution in [0.1, 0.15) is 18.5 Å². The highest BCUT2D eigenvalue weighted by atomic mass is 16.5. The minimum atomic E-state index is 0.750. The minimum Gasteiger partial charge on any atom is -0.379 e. The molecule has 0 aromatic carbocycles. The second-order valence-electron chi connectivity index (χ2n) is 6.36. The SMILES string of the molecule is CN=C(NCCc1cn2ccccc2n1)N(C)CCOCC1CC1. The molecule has 3 rings (SSSR count). The number of ether oxygens (including phenoxy) is 1. The van der Waals surface area contributed by atoms with E-state index in [1.54, 1.807) is 0 Å². The molecule has 1 N–H and O–H groups in total. The zero-order chi connectivity index (χ0) is 16.8. The fraction of sp³-hybridized carbons (Fsp3) is 0.556. The predicted octanol–water partition coefficient (Wildman–Crippen LogP) is 1.81. The maximum Gasteiger partial charge on any atom is 0.193 e. The first-order valence-electron chi connectivity index (χ1n) is 8.68. The number of aliphatic imine (C=N–C) groups is 1. The highest BCUT2D eigenvalue weighted by molar-refractivity contribution is 5.79. The van der Waals surface area contributed by atoms with Crippen LogP contribution in [0.3, 0.4) is 0 Å². The van der Waals surface area contributed by atoms with Crippen molar-refractivity contribution in [1.29, 1.82) is 0 Å². The number of pyridine rings is 1. The van der Waals surface area contributed by atoms with Crippen LogP contribution in [-0.2, 0) is 11.2 Å². The zero-order valence-corrected chi connectivity index (χ0v) is 14.6. The van der Waals surface area contributed by atoms with Crippen LogP contribution >= 0.6 is 0 Å². The molecule has 0 saturated heterocycles. The van der Waals surface area contributed by atoms with Gasteiger partial charge in [0.2, 0.25) is 0 Å². The van der Waals surface area contributed by atoms with Crippen LogP contribution in [0.4, 0.5) is 0 Å². The summed E-state index contributed by atoms with van der Waals surface area (Å²) in [6, 6.07) is 6.04. The summed E-state index contributed by atoms with van der Waals surface area (Å²) in [5, 5.41) is 3.40. The second kappa shape index (κ2) is 8.15. The molecule has 0 radical (unpaired) electrons. The lowest BCUT2D eigenvalue weighted by atomic mass is 10.3. The van der Waals surface area contributed by atoms with E-state index in [1.165, 1.54) is 12.8 Å². The van der Waals surface area contributed by atoms with Gasteiger partial charge < -0.3 is 19.4 Å². The molecular formula is C18H27N5O. The van der Waals surface area contributed by atoms with E-state index in [2.05, 4.69) is 26.4 Å². The van der Waals surface area contributed by atoms with Gasteiger partial charge in [0.25, 0.3) is 0 Å². The molecular weight excluding hydrogens is 302 g/mol. The number of nitrogens with zero attached hydrogens (tertiary/aromatic N) is 4. The smallest absolute Gasteiger partial charge is 0.193 e. The van der Waals surface area contributed by atoms with Crippen LogP contribution in [0, 0.1) is 5.92 Å². The molecule has 1 aliphatic rings. The van der Waals surface area contributed by atoms with Crippen LogP contribution in [0.2, 0.25) is 0 Å². The fourth-order valence-corrected chi connectivity index (χ4v) is 2.64. The number of guanidine groups is 1. The molecule has 0 spiro atoms. The summed E-state index contributed by atoms with van der Waals surface area (Å²) < 4.78 is 7.74. The van der Waals surface area contributed by atoms with Gasteiger partial charge >= 0.3 is 0 Å². The number of rotatable bonds is 8. The Morgan fingerprint density at radius 1 is 1.46 bits per heavy atom. The number of hydrogen-bond donors (Lipinski definition) is 1. The standard InChI is InChI=1S/C18H27N5O/c1-19-18(22(2)11-12-24-14-15-6-7-15)20-9-8-16-13-23-10-4-3-5-17(23)21-16/h3-5,10,13,15H,6-9,11-12,14H2,1-2H3,(H,19,20). The summed E-state index contributed by atoms with van der Waals surface area (Å²) in [6.45, 7) is 3.32. The third kappa shape index (κ3) is 4.71. The van der Waals surface area contributed by atoms with Crippen LogP contribution < -0.4 is 5.32 Å². The molecule has 130 valence electrons. The Bertz CT molecular complexity index is 644. The lowest BCUT2D eigenvalue weighted by molar-refractivity contribution is 0.115. The van der Waals surface area contributed by atoms with E-state index in [4.69, 9.17) is 4.74 Å². The number of nitrogens with one attached hydrogen (secondary N) is 1. The average molecular weight is 329 g/mol. The Labute approximate surface area is 143 Å².